The second-order valence-electron chi connectivity index (χ2n) is 7.09. The number of para-hydroxylation sites is 1. The van der Waals surface area contributed by atoms with Crippen LogP contribution in [0.4, 0.5) is 5.82 Å². The monoisotopic (exact) mass is 428 g/mol. The Bertz CT molecular complexity index is 1230. The standard InChI is InChI=1S/C18H20N8O5/c19-15-12-16(25(8-20-12)17-14(29)13(28)11(7-27)31-17)22-18(21-15)30-6-5-26-10-4-2-1-3-9(10)23-24-26/h1-4,8,11,13-14,17,27-29H,5-7H2,(H2,19,21,22). The number of nitrogen functional groups attached to an aromatic ring is 1. The number of benzene rings is 1. The summed E-state index contributed by atoms with van der Waals surface area (Å²) in [6.45, 7) is 0.181. The smallest absolute Gasteiger partial charge is 0.320 e. The molecule has 1 aliphatic heterocycles. The van der Waals surface area contributed by atoms with Crippen molar-refractivity contribution in [2.75, 3.05) is 18.9 Å². The van der Waals surface area contributed by atoms with E-state index in [4.69, 9.17) is 15.2 Å². The van der Waals surface area contributed by atoms with Crippen molar-refractivity contribution in [3.8, 4) is 6.01 Å². The van der Waals surface area contributed by atoms with E-state index in [-0.39, 0.29) is 24.1 Å². The maximum absolute atomic E-state index is 10.3. The van der Waals surface area contributed by atoms with Gasteiger partial charge in [-0.3, -0.25) is 4.57 Å². The Kier molecular flexibility index (Phi) is 4.86. The Morgan fingerprint density at radius 3 is 2.81 bits per heavy atom. The summed E-state index contributed by atoms with van der Waals surface area (Å²) in [5.74, 6) is 0.0942. The van der Waals surface area contributed by atoms with Crippen molar-refractivity contribution >= 4 is 28.0 Å². The highest BCUT2D eigenvalue weighted by molar-refractivity contribution is 5.82. The average Bonchev–Trinajstić information content (AvgIpc) is 3.45. The van der Waals surface area contributed by atoms with Crippen molar-refractivity contribution < 1.29 is 24.8 Å². The highest BCUT2D eigenvalue weighted by atomic mass is 16.6. The van der Waals surface area contributed by atoms with Gasteiger partial charge in [0.25, 0.3) is 0 Å². The third-order valence-electron chi connectivity index (χ3n) is 5.17. The third-order valence-corrected chi connectivity index (χ3v) is 5.17. The van der Waals surface area contributed by atoms with Gasteiger partial charge in [0.1, 0.15) is 30.4 Å². The van der Waals surface area contributed by atoms with Crippen molar-refractivity contribution in [1.29, 1.82) is 0 Å². The molecule has 1 saturated heterocycles. The first kappa shape index (κ1) is 19.6. The number of anilines is 1. The van der Waals surface area contributed by atoms with E-state index in [1.165, 1.54) is 10.9 Å². The molecule has 1 aromatic carbocycles. The second kappa shape index (κ2) is 7.70. The lowest BCUT2D eigenvalue weighted by Gasteiger charge is -2.16. The lowest BCUT2D eigenvalue weighted by molar-refractivity contribution is -0.0511. The number of hydrogen-bond donors (Lipinski definition) is 4. The molecule has 0 amide bonds. The minimum absolute atomic E-state index is 0.0166. The zero-order valence-corrected chi connectivity index (χ0v) is 16.2. The van der Waals surface area contributed by atoms with Gasteiger partial charge in [-0.1, -0.05) is 17.3 Å². The largest absolute Gasteiger partial charge is 0.461 e. The first-order valence-corrected chi connectivity index (χ1v) is 9.60. The number of nitrogens with zero attached hydrogens (tertiary/aromatic N) is 7. The van der Waals surface area contributed by atoms with E-state index >= 15 is 0 Å². The molecule has 5 N–H and O–H groups in total. The molecule has 1 aliphatic rings. The summed E-state index contributed by atoms with van der Waals surface area (Å²) in [4.78, 5) is 12.6. The molecule has 5 rings (SSSR count). The predicted octanol–water partition coefficient (Wildman–Crippen LogP) is -1.16. The summed E-state index contributed by atoms with van der Waals surface area (Å²) in [7, 11) is 0. The Balaban J connectivity index is 1.37. The number of nitrogens with two attached hydrogens (primary N) is 1. The molecular formula is C18H20N8O5. The summed E-state index contributed by atoms with van der Waals surface area (Å²) < 4.78 is 14.4. The van der Waals surface area contributed by atoms with Crippen molar-refractivity contribution in [1.82, 2.24) is 34.5 Å². The molecule has 162 valence electrons. The summed E-state index contributed by atoms with van der Waals surface area (Å²) in [5.41, 5.74) is 8.23. The van der Waals surface area contributed by atoms with Gasteiger partial charge in [-0.2, -0.15) is 9.97 Å². The molecule has 0 saturated carbocycles. The fraction of sp³-hybridized carbons (Fsp3) is 0.389. The highest BCUT2D eigenvalue weighted by Crippen LogP contribution is 2.32. The minimum Gasteiger partial charge on any atom is -0.461 e. The molecule has 4 atom stereocenters. The van der Waals surface area contributed by atoms with E-state index in [0.29, 0.717) is 12.1 Å². The molecule has 1 fully saturated rings. The normalized spacial score (nSPS) is 23.7. The van der Waals surface area contributed by atoms with Crippen molar-refractivity contribution in [2.24, 2.45) is 0 Å². The minimum atomic E-state index is -1.28. The molecule has 0 radical (unpaired) electrons. The molecule has 13 nitrogen and oxygen atoms in total. The quantitative estimate of drug-likeness (QED) is 0.291. The second-order valence-corrected chi connectivity index (χ2v) is 7.09. The van der Waals surface area contributed by atoms with Crippen LogP contribution in [0.25, 0.3) is 22.2 Å². The Hall–Kier alpha value is -3.39. The van der Waals surface area contributed by atoms with E-state index < -0.39 is 31.1 Å². The molecule has 4 aromatic rings. The molecule has 0 bridgehead atoms. The van der Waals surface area contributed by atoms with E-state index in [2.05, 4.69) is 25.3 Å². The van der Waals surface area contributed by atoms with Gasteiger partial charge >= 0.3 is 6.01 Å². The van der Waals surface area contributed by atoms with Gasteiger partial charge in [0.05, 0.1) is 25.0 Å². The maximum Gasteiger partial charge on any atom is 0.320 e. The van der Waals surface area contributed by atoms with E-state index in [1.807, 2.05) is 24.3 Å². The molecule has 13 heteroatoms. The zero-order chi connectivity index (χ0) is 21.5. The Morgan fingerprint density at radius 2 is 2.00 bits per heavy atom. The van der Waals surface area contributed by atoms with Crippen LogP contribution >= 0.6 is 0 Å². The fourth-order valence-corrected chi connectivity index (χ4v) is 3.58. The van der Waals surface area contributed by atoms with Gasteiger partial charge in [-0.25, -0.2) is 9.67 Å². The molecule has 4 heterocycles. The SMILES string of the molecule is Nc1nc(OCCn2nnc3ccccc32)nc2c1ncn2C1OC(CO)C(O)C1O. The van der Waals surface area contributed by atoms with Crippen molar-refractivity contribution in [3.63, 3.8) is 0 Å². The molecule has 3 aromatic heterocycles. The van der Waals surface area contributed by atoms with Crippen LogP contribution in [0.3, 0.4) is 0 Å². The van der Waals surface area contributed by atoms with E-state index in [1.54, 1.807) is 4.68 Å². The molecule has 0 aliphatic carbocycles. The van der Waals surface area contributed by atoms with Gasteiger partial charge in [0.15, 0.2) is 23.2 Å². The van der Waals surface area contributed by atoms with Gasteiger partial charge in [0, 0.05) is 0 Å². The first-order chi connectivity index (χ1) is 15.1. The van der Waals surface area contributed by atoms with Crippen LogP contribution in [0.2, 0.25) is 0 Å². The first-order valence-electron chi connectivity index (χ1n) is 9.60. The van der Waals surface area contributed by atoms with Gasteiger partial charge in [0.2, 0.25) is 0 Å². The molecule has 4 unspecified atom stereocenters. The molecule has 31 heavy (non-hydrogen) atoms. The summed E-state index contributed by atoms with van der Waals surface area (Å²) >= 11 is 0. The lowest BCUT2D eigenvalue weighted by Crippen LogP contribution is -2.33. The number of aliphatic hydroxyl groups is 3. The van der Waals surface area contributed by atoms with Crippen LogP contribution in [-0.4, -0.2) is 81.4 Å². The number of imidazole rings is 1. The number of fused-ring (bicyclic) bond motifs is 2. The van der Waals surface area contributed by atoms with Crippen molar-refractivity contribution in [3.05, 3.63) is 30.6 Å². The number of hydrogen-bond acceptors (Lipinski definition) is 11. The van der Waals surface area contributed by atoms with Crippen LogP contribution in [0.5, 0.6) is 6.01 Å². The molecular weight excluding hydrogens is 408 g/mol. The van der Waals surface area contributed by atoms with Gasteiger partial charge in [-0.15, -0.1) is 5.10 Å². The summed E-state index contributed by atoms with van der Waals surface area (Å²) in [5, 5.41) is 37.8. The average molecular weight is 428 g/mol. The lowest BCUT2D eigenvalue weighted by atomic mass is 10.1. The number of aliphatic hydroxyl groups excluding tert-OH is 3. The van der Waals surface area contributed by atoms with Gasteiger partial charge < -0.3 is 30.5 Å². The maximum atomic E-state index is 10.3. The highest BCUT2D eigenvalue weighted by Gasteiger charge is 2.44. The van der Waals surface area contributed by atoms with E-state index in [9.17, 15) is 15.3 Å². The molecule has 0 spiro atoms. The van der Waals surface area contributed by atoms with Crippen molar-refractivity contribution in [2.45, 2.75) is 31.1 Å². The van der Waals surface area contributed by atoms with Crippen LogP contribution in [-0.2, 0) is 11.3 Å². The Morgan fingerprint density at radius 1 is 1.16 bits per heavy atom. The zero-order valence-electron chi connectivity index (χ0n) is 16.2. The van der Waals surface area contributed by atoms with Crippen LogP contribution in [0.15, 0.2) is 30.6 Å². The van der Waals surface area contributed by atoms with Gasteiger partial charge in [-0.05, 0) is 12.1 Å². The predicted molar refractivity (Wildman–Crippen MR) is 106 cm³/mol. The fourth-order valence-electron chi connectivity index (χ4n) is 3.58. The van der Waals surface area contributed by atoms with Crippen LogP contribution in [0, 0.1) is 0 Å². The Labute approximate surface area is 174 Å². The number of ether oxygens (including phenoxy) is 2. The van der Waals surface area contributed by atoms with Crippen LogP contribution < -0.4 is 10.5 Å². The summed E-state index contributed by atoms with van der Waals surface area (Å²) in [6, 6.07) is 7.59. The number of aromatic nitrogens is 7. The number of rotatable bonds is 6. The van der Waals surface area contributed by atoms with E-state index in [0.717, 1.165) is 11.0 Å². The topological polar surface area (TPSA) is 179 Å². The third kappa shape index (κ3) is 3.33. The summed E-state index contributed by atoms with van der Waals surface area (Å²) in [6.07, 6.45) is -3.08. The van der Waals surface area contributed by atoms with Crippen LogP contribution in [0.1, 0.15) is 6.23 Å².